The van der Waals surface area contributed by atoms with Gasteiger partial charge in [-0.1, -0.05) is 6.92 Å². The minimum Gasteiger partial charge on any atom is -0.382 e. The van der Waals surface area contributed by atoms with E-state index < -0.39 is 5.60 Å². The molecule has 0 atom stereocenters. The molecule has 0 unspecified atom stereocenters. The van der Waals surface area contributed by atoms with E-state index in [1.54, 1.807) is 13.8 Å². The van der Waals surface area contributed by atoms with E-state index in [9.17, 15) is 5.11 Å². The molecule has 1 rings (SSSR count). The maximum atomic E-state index is 9.90. The van der Waals surface area contributed by atoms with Crippen molar-refractivity contribution >= 4 is 0 Å². The van der Waals surface area contributed by atoms with Crippen molar-refractivity contribution in [1.29, 1.82) is 0 Å². The summed E-state index contributed by atoms with van der Waals surface area (Å²) in [5, 5.41) is 18.0. The van der Waals surface area contributed by atoms with E-state index in [2.05, 4.69) is 24.0 Å². The van der Waals surface area contributed by atoms with Crippen molar-refractivity contribution < 1.29 is 5.11 Å². The normalized spacial score (nSPS) is 12.5. The minimum atomic E-state index is -0.926. The molecule has 0 saturated carbocycles. The lowest BCUT2D eigenvalue weighted by Crippen LogP contribution is -2.24. The van der Waals surface area contributed by atoms with Crippen LogP contribution < -0.4 is 0 Å². The Labute approximate surface area is 85.0 Å². The molecule has 14 heavy (non-hydrogen) atoms. The average molecular weight is 197 g/mol. The van der Waals surface area contributed by atoms with Crippen molar-refractivity contribution in [3.8, 4) is 0 Å². The third kappa shape index (κ3) is 1.95. The standard InChI is InChI=1S/C10H19N3O/c1-6-8-11-12-9(10(4,5)14)13(8)7(2)3/h7,14H,6H2,1-5H3. The van der Waals surface area contributed by atoms with Crippen molar-refractivity contribution in [3.63, 3.8) is 0 Å². The number of hydrogen-bond acceptors (Lipinski definition) is 3. The second-order valence-corrected chi connectivity index (χ2v) is 4.32. The van der Waals surface area contributed by atoms with Crippen LogP contribution in [0, 0.1) is 0 Å². The summed E-state index contributed by atoms with van der Waals surface area (Å²) < 4.78 is 2.00. The van der Waals surface area contributed by atoms with Crippen LogP contribution in [0.15, 0.2) is 0 Å². The molecular weight excluding hydrogens is 178 g/mol. The van der Waals surface area contributed by atoms with Crippen molar-refractivity contribution in [2.24, 2.45) is 0 Å². The van der Waals surface area contributed by atoms with Gasteiger partial charge in [-0.25, -0.2) is 0 Å². The highest BCUT2D eigenvalue weighted by atomic mass is 16.3. The number of aliphatic hydroxyl groups is 1. The van der Waals surface area contributed by atoms with Gasteiger partial charge in [0.05, 0.1) is 0 Å². The van der Waals surface area contributed by atoms with Crippen LogP contribution in [-0.2, 0) is 12.0 Å². The molecule has 0 fully saturated rings. The second-order valence-electron chi connectivity index (χ2n) is 4.32. The third-order valence-electron chi connectivity index (χ3n) is 2.15. The lowest BCUT2D eigenvalue weighted by atomic mass is 10.1. The Morgan fingerprint density at radius 1 is 1.36 bits per heavy atom. The Hall–Kier alpha value is -0.900. The first kappa shape index (κ1) is 11.2. The summed E-state index contributed by atoms with van der Waals surface area (Å²) in [7, 11) is 0. The fourth-order valence-corrected chi connectivity index (χ4v) is 1.52. The Balaban J connectivity index is 3.25. The molecule has 0 spiro atoms. The summed E-state index contributed by atoms with van der Waals surface area (Å²) in [5.74, 6) is 1.57. The van der Waals surface area contributed by atoms with Crippen LogP contribution in [0.2, 0.25) is 0 Å². The maximum absolute atomic E-state index is 9.90. The second kappa shape index (κ2) is 3.69. The quantitative estimate of drug-likeness (QED) is 0.801. The van der Waals surface area contributed by atoms with Gasteiger partial charge in [0.25, 0.3) is 0 Å². The first-order valence-corrected chi connectivity index (χ1v) is 5.04. The van der Waals surface area contributed by atoms with Crippen LogP contribution >= 0.6 is 0 Å². The maximum Gasteiger partial charge on any atom is 0.164 e. The smallest absolute Gasteiger partial charge is 0.164 e. The van der Waals surface area contributed by atoms with Gasteiger partial charge in [-0.15, -0.1) is 10.2 Å². The van der Waals surface area contributed by atoms with Gasteiger partial charge < -0.3 is 9.67 Å². The van der Waals surface area contributed by atoms with E-state index in [-0.39, 0.29) is 6.04 Å². The molecule has 80 valence electrons. The van der Waals surface area contributed by atoms with Crippen LogP contribution in [0.4, 0.5) is 0 Å². The summed E-state index contributed by atoms with van der Waals surface area (Å²) in [6.07, 6.45) is 0.835. The van der Waals surface area contributed by atoms with Gasteiger partial charge in [-0.2, -0.15) is 0 Å². The van der Waals surface area contributed by atoms with Crippen LogP contribution in [0.5, 0.6) is 0 Å². The van der Waals surface area contributed by atoms with Crippen molar-refractivity contribution in [2.75, 3.05) is 0 Å². The van der Waals surface area contributed by atoms with E-state index in [1.165, 1.54) is 0 Å². The summed E-state index contributed by atoms with van der Waals surface area (Å²) in [5.41, 5.74) is -0.926. The van der Waals surface area contributed by atoms with Gasteiger partial charge in [0.2, 0.25) is 0 Å². The summed E-state index contributed by atoms with van der Waals surface area (Å²) in [6.45, 7) is 9.64. The van der Waals surface area contributed by atoms with E-state index in [4.69, 9.17) is 0 Å². The largest absolute Gasteiger partial charge is 0.382 e. The average Bonchev–Trinajstić information content (AvgIpc) is 2.45. The predicted octanol–water partition coefficient (Wildman–Crippen LogP) is 1.65. The molecule has 0 aliphatic carbocycles. The number of hydrogen-bond donors (Lipinski definition) is 1. The molecule has 0 saturated heterocycles. The monoisotopic (exact) mass is 197 g/mol. The van der Waals surface area contributed by atoms with Gasteiger partial charge in [-0.05, 0) is 27.7 Å². The predicted molar refractivity (Wildman–Crippen MR) is 55.0 cm³/mol. The van der Waals surface area contributed by atoms with Gasteiger partial charge in [0.1, 0.15) is 11.4 Å². The molecule has 0 aliphatic heterocycles. The SMILES string of the molecule is CCc1nnc(C(C)(C)O)n1C(C)C. The molecule has 0 aliphatic rings. The highest BCUT2D eigenvalue weighted by Gasteiger charge is 2.26. The fourth-order valence-electron chi connectivity index (χ4n) is 1.52. The Kier molecular flexibility index (Phi) is 2.95. The van der Waals surface area contributed by atoms with E-state index in [1.807, 2.05) is 11.5 Å². The number of aromatic nitrogens is 3. The van der Waals surface area contributed by atoms with E-state index in [0.717, 1.165) is 12.2 Å². The van der Waals surface area contributed by atoms with Crippen LogP contribution in [0.25, 0.3) is 0 Å². The number of aryl methyl sites for hydroxylation is 1. The first-order valence-electron chi connectivity index (χ1n) is 5.04. The Morgan fingerprint density at radius 2 is 1.93 bits per heavy atom. The summed E-state index contributed by atoms with van der Waals surface area (Å²) in [4.78, 5) is 0. The molecule has 0 bridgehead atoms. The molecule has 1 aromatic rings. The van der Waals surface area contributed by atoms with Gasteiger partial charge >= 0.3 is 0 Å². The lowest BCUT2D eigenvalue weighted by molar-refractivity contribution is 0.0629. The molecule has 1 heterocycles. The molecule has 0 radical (unpaired) electrons. The zero-order chi connectivity index (χ0) is 10.9. The molecule has 1 aromatic heterocycles. The van der Waals surface area contributed by atoms with Crippen LogP contribution in [0.1, 0.15) is 52.3 Å². The molecule has 4 heteroatoms. The molecule has 0 aromatic carbocycles. The zero-order valence-corrected chi connectivity index (χ0v) is 9.57. The van der Waals surface area contributed by atoms with Crippen molar-refractivity contribution in [1.82, 2.24) is 14.8 Å². The molecule has 0 amide bonds. The number of nitrogens with zero attached hydrogens (tertiary/aromatic N) is 3. The van der Waals surface area contributed by atoms with E-state index in [0.29, 0.717) is 5.82 Å². The highest BCUT2D eigenvalue weighted by molar-refractivity contribution is 5.04. The molecule has 1 N–H and O–H groups in total. The van der Waals surface area contributed by atoms with E-state index >= 15 is 0 Å². The number of rotatable bonds is 3. The fraction of sp³-hybridized carbons (Fsp3) is 0.800. The molecular formula is C10H19N3O. The minimum absolute atomic E-state index is 0.279. The zero-order valence-electron chi connectivity index (χ0n) is 9.57. The Morgan fingerprint density at radius 3 is 2.29 bits per heavy atom. The van der Waals surface area contributed by atoms with Crippen molar-refractivity contribution in [3.05, 3.63) is 11.6 Å². The Bertz CT molecular complexity index is 310. The topological polar surface area (TPSA) is 50.9 Å². The summed E-state index contributed by atoms with van der Waals surface area (Å²) >= 11 is 0. The third-order valence-corrected chi connectivity index (χ3v) is 2.15. The summed E-state index contributed by atoms with van der Waals surface area (Å²) in [6, 6.07) is 0.279. The van der Waals surface area contributed by atoms with Crippen molar-refractivity contribution in [2.45, 2.75) is 52.7 Å². The highest BCUT2D eigenvalue weighted by Crippen LogP contribution is 2.22. The van der Waals surface area contributed by atoms with Crippen LogP contribution in [-0.4, -0.2) is 19.9 Å². The van der Waals surface area contributed by atoms with Gasteiger partial charge in [-0.3, -0.25) is 0 Å². The van der Waals surface area contributed by atoms with Gasteiger partial charge in [0, 0.05) is 12.5 Å². The molecule has 4 nitrogen and oxygen atoms in total. The lowest BCUT2D eigenvalue weighted by Gasteiger charge is -2.21. The first-order chi connectivity index (χ1) is 6.38. The van der Waals surface area contributed by atoms with Gasteiger partial charge in [0.15, 0.2) is 5.82 Å². The van der Waals surface area contributed by atoms with Crippen LogP contribution in [0.3, 0.4) is 0 Å².